The Labute approximate surface area is 159 Å². The third-order valence-corrected chi connectivity index (χ3v) is 7.01. The number of rotatable bonds is 6. The van der Waals surface area contributed by atoms with Gasteiger partial charge in [0.2, 0.25) is 15.9 Å². The summed E-state index contributed by atoms with van der Waals surface area (Å²) in [4.78, 5) is 27.1. The van der Waals surface area contributed by atoms with Crippen molar-refractivity contribution in [2.75, 3.05) is 39.3 Å². The molecule has 0 radical (unpaired) electrons. The third kappa shape index (κ3) is 4.85. The highest BCUT2D eigenvalue weighted by Crippen LogP contribution is 2.18. The van der Waals surface area contributed by atoms with Gasteiger partial charge in [0.05, 0.1) is 12.3 Å². The van der Waals surface area contributed by atoms with Crippen molar-refractivity contribution in [3.8, 4) is 0 Å². The maximum Gasteiger partial charge on any atom is 0.320 e. The van der Waals surface area contributed by atoms with Crippen molar-refractivity contribution in [2.24, 2.45) is 0 Å². The van der Waals surface area contributed by atoms with Crippen molar-refractivity contribution in [2.45, 2.75) is 24.6 Å². The highest BCUT2D eigenvalue weighted by molar-refractivity contribution is 7.88. The number of hydrogen-bond acceptors (Lipinski definition) is 5. The maximum atomic E-state index is 12.6. The summed E-state index contributed by atoms with van der Waals surface area (Å²) in [6.07, 6.45) is 1.34. The van der Waals surface area contributed by atoms with Crippen LogP contribution in [-0.2, 0) is 25.4 Å². The number of carboxylic acids is 1. The van der Waals surface area contributed by atoms with Gasteiger partial charge in [-0.15, -0.1) is 0 Å². The molecule has 1 atom stereocenters. The average molecular weight is 395 g/mol. The van der Waals surface area contributed by atoms with Gasteiger partial charge in [0.1, 0.15) is 6.04 Å². The monoisotopic (exact) mass is 395 g/mol. The fourth-order valence-corrected chi connectivity index (χ4v) is 5.18. The number of hydrogen-bond donors (Lipinski definition) is 1. The van der Waals surface area contributed by atoms with Crippen molar-refractivity contribution in [3.05, 3.63) is 35.9 Å². The molecule has 2 heterocycles. The predicted molar refractivity (Wildman–Crippen MR) is 99.4 cm³/mol. The highest BCUT2D eigenvalue weighted by atomic mass is 32.2. The van der Waals surface area contributed by atoms with Crippen LogP contribution in [0.25, 0.3) is 0 Å². The van der Waals surface area contributed by atoms with Crippen LogP contribution in [0.3, 0.4) is 0 Å². The summed E-state index contributed by atoms with van der Waals surface area (Å²) in [5.41, 5.74) is 0.741. The smallest absolute Gasteiger partial charge is 0.320 e. The molecule has 1 amide bonds. The molecule has 0 aromatic heterocycles. The lowest BCUT2D eigenvalue weighted by molar-refractivity contribution is -0.143. The number of piperazine rings is 1. The van der Waals surface area contributed by atoms with Gasteiger partial charge in [-0.05, 0) is 24.9 Å². The fraction of sp³-hybridized carbons (Fsp3) is 0.556. The molecule has 2 saturated heterocycles. The van der Waals surface area contributed by atoms with Gasteiger partial charge in [-0.1, -0.05) is 30.3 Å². The van der Waals surface area contributed by atoms with E-state index in [4.69, 9.17) is 0 Å². The Morgan fingerprint density at radius 1 is 1.04 bits per heavy atom. The molecule has 1 N–H and O–H groups in total. The van der Waals surface area contributed by atoms with Crippen molar-refractivity contribution in [1.82, 2.24) is 14.1 Å². The molecule has 8 nitrogen and oxygen atoms in total. The average Bonchev–Trinajstić information content (AvgIpc) is 3.11. The Balaban J connectivity index is 1.52. The number of sulfonamides is 1. The molecule has 0 unspecified atom stereocenters. The van der Waals surface area contributed by atoms with Gasteiger partial charge in [0.15, 0.2) is 0 Å². The van der Waals surface area contributed by atoms with E-state index in [1.165, 1.54) is 4.31 Å². The number of nitrogens with zero attached hydrogens (tertiary/aromatic N) is 3. The molecule has 0 spiro atoms. The van der Waals surface area contributed by atoms with Crippen LogP contribution in [0.15, 0.2) is 30.3 Å². The molecule has 1 aromatic carbocycles. The SMILES string of the molecule is O=C(O)[C@@H]1CCCN1CC(=O)N1CCN(S(=O)(=O)Cc2ccccc2)CC1. The molecule has 27 heavy (non-hydrogen) atoms. The maximum absolute atomic E-state index is 12.6. The number of likely N-dealkylation sites (tertiary alicyclic amines) is 1. The summed E-state index contributed by atoms with van der Waals surface area (Å²) < 4.78 is 26.6. The van der Waals surface area contributed by atoms with Crippen LogP contribution in [0.5, 0.6) is 0 Å². The highest BCUT2D eigenvalue weighted by Gasteiger charge is 2.34. The van der Waals surface area contributed by atoms with Crippen LogP contribution in [0, 0.1) is 0 Å². The van der Waals surface area contributed by atoms with Gasteiger partial charge in [-0.3, -0.25) is 14.5 Å². The summed E-state index contributed by atoms with van der Waals surface area (Å²) in [5.74, 6) is -1.07. The van der Waals surface area contributed by atoms with E-state index in [2.05, 4.69) is 0 Å². The quantitative estimate of drug-likeness (QED) is 0.739. The van der Waals surface area contributed by atoms with Gasteiger partial charge in [-0.2, -0.15) is 4.31 Å². The summed E-state index contributed by atoms with van der Waals surface area (Å²) in [6.45, 7) is 1.88. The minimum atomic E-state index is -3.42. The second-order valence-corrected chi connectivity index (χ2v) is 8.96. The molecule has 2 aliphatic heterocycles. The fourth-order valence-electron chi connectivity index (χ4n) is 3.66. The second-order valence-electron chi connectivity index (χ2n) is 6.99. The first kappa shape index (κ1) is 19.8. The van der Waals surface area contributed by atoms with E-state index in [1.807, 2.05) is 18.2 Å². The summed E-state index contributed by atoms with van der Waals surface area (Å²) in [5, 5.41) is 9.21. The minimum Gasteiger partial charge on any atom is -0.480 e. The Bertz CT molecular complexity index is 775. The number of amides is 1. The topological polar surface area (TPSA) is 98.2 Å². The molecule has 148 valence electrons. The van der Waals surface area contributed by atoms with Crippen LogP contribution < -0.4 is 0 Å². The van der Waals surface area contributed by atoms with Gasteiger partial charge < -0.3 is 10.0 Å². The van der Waals surface area contributed by atoms with Gasteiger partial charge >= 0.3 is 5.97 Å². The second kappa shape index (κ2) is 8.37. The molecule has 3 rings (SSSR count). The van der Waals surface area contributed by atoms with Gasteiger partial charge in [0, 0.05) is 26.2 Å². The van der Waals surface area contributed by atoms with Crippen LogP contribution >= 0.6 is 0 Å². The summed E-state index contributed by atoms with van der Waals surface area (Å²) in [7, 11) is -3.42. The minimum absolute atomic E-state index is 0.0458. The van der Waals surface area contributed by atoms with Crippen LogP contribution in [0.2, 0.25) is 0 Å². The number of aliphatic carboxylic acids is 1. The van der Waals surface area contributed by atoms with Crippen LogP contribution in [0.1, 0.15) is 18.4 Å². The Morgan fingerprint density at radius 3 is 2.33 bits per heavy atom. The first-order valence-corrected chi connectivity index (χ1v) is 10.7. The molecule has 1 aromatic rings. The Kier molecular flexibility index (Phi) is 6.13. The first-order chi connectivity index (χ1) is 12.9. The first-order valence-electron chi connectivity index (χ1n) is 9.13. The zero-order valence-electron chi connectivity index (χ0n) is 15.2. The van der Waals surface area contributed by atoms with Gasteiger partial charge in [-0.25, -0.2) is 8.42 Å². The molecule has 2 fully saturated rings. The van der Waals surface area contributed by atoms with Crippen molar-refractivity contribution < 1.29 is 23.1 Å². The zero-order chi connectivity index (χ0) is 19.4. The van der Waals surface area contributed by atoms with Gasteiger partial charge in [0.25, 0.3) is 0 Å². The van der Waals surface area contributed by atoms with Crippen molar-refractivity contribution in [1.29, 1.82) is 0 Å². The number of carbonyl (C=O) groups is 2. The number of carbonyl (C=O) groups excluding carboxylic acids is 1. The Hall–Kier alpha value is -1.97. The van der Waals surface area contributed by atoms with E-state index in [0.717, 1.165) is 12.0 Å². The van der Waals surface area contributed by atoms with Crippen molar-refractivity contribution in [3.63, 3.8) is 0 Å². The lowest BCUT2D eigenvalue weighted by atomic mass is 10.2. The molecular weight excluding hydrogens is 370 g/mol. The van der Waals surface area contributed by atoms with Crippen LogP contribution in [-0.4, -0.2) is 84.8 Å². The van der Waals surface area contributed by atoms with E-state index in [0.29, 0.717) is 26.1 Å². The van der Waals surface area contributed by atoms with E-state index in [-0.39, 0.29) is 31.3 Å². The molecule has 9 heteroatoms. The molecular formula is C18H25N3O5S. The Morgan fingerprint density at radius 2 is 1.70 bits per heavy atom. The summed E-state index contributed by atoms with van der Waals surface area (Å²) >= 11 is 0. The normalized spacial score (nSPS) is 22.1. The largest absolute Gasteiger partial charge is 0.480 e. The molecule has 0 aliphatic carbocycles. The lowest BCUT2D eigenvalue weighted by Crippen LogP contribution is -2.53. The van der Waals surface area contributed by atoms with E-state index >= 15 is 0 Å². The van der Waals surface area contributed by atoms with Crippen molar-refractivity contribution >= 4 is 21.9 Å². The van der Waals surface area contributed by atoms with E-state index in [9.17, 15) is 23.1 Å². The van der Waals surface area contributed by atoms with E-state index in [1.54, 1.807) is 21.9 Å². The lowest BCUT2D eigenvalue weighted by Gasteiger charge is -2.35. The predicted octanol–water partition coefficient (Wildman–Crippen LogP) is 0.210. The molecule has 0 bridgehead atoms. The number of carboxylic acid groups (broad SMARTS) is 1. The standard InChI is InChI=1S/C18H25N3O5S/c22-17(13-20-8-4-7-16(20)18(23)24)19-9-11-21(12-10-19)27(25,26)14-15-5-2-1-3-6-15/h1-3,5-6,16H,4,7-14H2,(H,23,24)/t16-/m0/s1. The molecule has 0 saturated carbocycles. The summed E-state index contributed by atoms with van der Waals surface area (Å²) in [6, 6.07) is 8.43. The zero-order valence-corrected chi connectivity index (χ0v) is 16.0. The van der Waals surface area contributed by atoms with Crippen LogP contribution in [0.4, 0.5) is 0 Å². The molecule has 2 aliphatic rings. The number of benzene rings is 1. The third-order valence-electron chi connectivity index (χ3n) is 5.16. The van der Waals surface area contributed by atoms with E-state index < -0.39 is 22.0 Å².